The Hall–Kier alpha value is -3.06. The monoisotopic (exact) mass is 354 g/mol. The van der Waals surface area contributed by atoms with E-state index in [2.05, 4.69) is 15.6 Å². The molecule has 0 saturated heterocycles. The van der Waals surface area contributed by atoms with Gasteiger partial charge in [0.05, 0.1) is 0 Å². The molecule has 7 heteroatoms. The van der Waals surface area contributed by atoms with Gasteiger partial charge in [-0.3, -0.25) is 14.4 Å². The van der Waals surface area contributed by atoms with Crippen LogP contribution in [-0.4, -0.2) is 54.7 Å². The van der Waals surface area contributed by atoms with Gasteiger partial charge in [0.25, 0.3) is 11.8 Å². The Balaban J connectivity index is 2.03. The summed E-state index contributed by atoms with van der Waals surface area (Å²) in [6.45, 7) is 2.68. The second kappa shape index (κ2) is 8.87. The topological polar surface area (TPSA) is 91.4 Å². The lowest BCUT2D eigenvalue weighted by molar-refractivity contribution is 0.0945. The predicted octanol–water partition coefficient (Wildman–Crippen LogP) is 1.83. The first-order chi connectivity index (χ1) is 12.4. The van der Waals surface area contributed by atoms with Crippen molar-refractivity contribution >= 4 is 23.3 Å². The maximum absolute atomic E-state index is 12.3. The molecule has 1 heterocycles. The van der Waals surface area contributed by atoms with Crippen LogP contribution in [0.25, 0.3) is 0 Å². The summed E-state index contributed by atoms with van der Waals surface area (Å²) in [6.07, 6.45) is 0. The van der Waals surface area contributed by atoms with Gasteiger partial charge in [0.2, 0.25) is 0 Å². The lowest BCUT2D eigenvalue weighted by Gasteiger charge is -2.10. The van der Waals surface area contributed by atoms with Crippen LogP contribution in [0.3, 0.4) is 0 Å². The van der Waals surface area contributed by atoms with Crippen LogP contribution < -0.4 is 10.6 Å². The fourth-order valence-electron chi connectivity index (χ4n) is 2.15. The minimum Gasteiger partial charge on any atom is -0.349 e. The summed E-state index contributed by atoms with van der Waals surface area (Å²) in [6, 6.07) is 11.3. The number of rotatable bonds is 7. The highest BCUT2D eigenvalue weighted by atomic mass is 16.2. The van der Waals surface area contributed by atoms with Crippen molar-refractivity contribution in [3.8, 4) is 0 Å². The number of pyridine rings is 1. The summed E-state index contributed by atoms with van der Waals surface area (Å²) in [5.74, 6) is -0.798. The van der Waals surface area contributed by atoms with Crippen LogP contribution in [0, 0.1) is 0 Å². The number of Topliss-reactive ketones (excluding diaryl/α,β-unsaturated/α-hetero) is 1. The number of anilines is 1. The Morgan fingerprint density at radius 1 is 0.962 bits per heavy atom. The van der Waals surface area contributed by atoms with Crippen molar-refractivity contribution in [3.05, 3.63) is 59.4 Å². The predicted molar refractivity (Wildman–Crippen MR) is 99.5 cm³/mol. The molecule has 0 spiro atoms. The molecular formula is C19H22N4O3. The highest BCUT2D eigenvalue weighted by Crippen LogP contribution is 2.11. The lowest BCUT2D eigenvalue weighted by Crippen LogP contribution is -2.32. The third kappa shape index (κ3) is 5.49. The van der Waals surface area contributed by atoms with Gasteiger partial charge in [0, 0.05) is 24.3 Å². The third-order valence-corrected chi connectivity index (χ3v) is 3.61. The van der Waals surface area contributed by atoms with E-state index in [-0.39, 0.29) is 23.1 Å². The van der Waals surface area contributed by atoms with E-state index in [1.807, 2.05) is 19.0 Å². The molecule has 2 amide bonds. The van der Waals surface area contributed by atoms with E-state index in [4.69, 9.17) is 0 Å². The van der Waals surface area contributed by atoms with Crippen LogP contribution in [0.15, 0.2) is 42.5 Å². The molecule has 0 radical (unpaired) electrons. The smallest absolute Gasteiger partial charge is 0.274 e. The molecule has 0 aliphatic carbocycles. The molecule has 0 atom stereocenters. The fraction of sp³-hybridized carbons (Fsp3) is 0.263. The number of nitrogens with zero attached hydrogens (tertiary/aromatic N) is 2. The number of carbonyl (C=O) groups is 3. The Bertz CT molecular complexity index is 801. The van der Waals surface area contributed by atoms with E-state index in [0.29, 0.717) is 24.3 Å². The molecule has 0 saturated carbocycles. The normalized spacial score (nSPS) is 10.5. The molecule has 1 aromatic heterocycles. The zero-order valence-corrected chi connectivity index (χ0v) is 15.1. The van der Waals surface area contributed by atoms with Gasteiger partial charge in [0.15, 0.2) is 5.78 Å². The molecule has 2 aromatic rings. The van der Waals surface area contributed by atoms with Gasteiger partial charge < -0.3 is 15.5 Å². The zero-order chi connectivity index (χ0) is 19.1. The summed E-state index contributed by atoms with van der Waals surface area (Å²) >= 11 is 0. The highest BCUT2D eigenvalue weighted by Gasteiger charge is 2.12. The SMILES string of the molecule is CC(=O)c1ccc(NC(=O)c2cccc(C(=O)NCCN(C)C)n2)cc1. The van der Waals surface area contributed by atoms with Gasteiger partial charge in [-0.2, -0.15) is 0 Å². The minimum absolute atomic E-state index is 0.0440. The molecule has 136 valence electrons. The summed E-state index contributed by atoms with van der Waals surface area (Å²) in [7, 11) is 3.83. The van der Waals surface area contributed by atoms with E-state index < -0.39 is 5.91 Å². The first-order valence-corrected chi connectivity index (χ1v) is 8.19. The summed E-state index contributed by atoms with van der Waals surface area (Å²) in [5.41, 5.74) is 1.43. The fourth-order valence-corrected chi connectivity index (χ4v) is 2.15. The first kappa shape index (κ1) is 19.3. The Labute approximate surface area is 152 Å². The van der Waals surface area contributed by atoms with Crippen LogP contribution in [0.1, 0.15) is 38.3 Å². The molecule has 2 N–H and O–H groups in total. The van der Waals surface area contributed by atoms with Crippen molar-refractivity contribution in [2.75, 3.05) is 32.5 Å². The summed E-state index contributed by atoms with van der Waals surface area (Å²) in [5, 5.41) is 5.45. The van der Waals surface area contributed by atoms with Crippen molar-refractivity contribution in [1.29, 1.82) is 0 Å². The second-order valence-corrected chi connectivity index (χ2v) is 6.05. The van der Waals surface area contributed by atoms with Crippen molar-refractivity contribution in [3.63, 3.8) is 0 Å². The van der Waals surface area contributed by atoms with Crippen molar-refractivity contribution in [2.24, 2.45) is 0 Å². The molecule has 7 nitrogen and oxygen atoms in total. The molecule has 0 aliphatic heterocycles. The van der Waals surface area contributed by atoms with Gasteiger partial charge in [0.1, 0.15) is 11.4 Å². The molecule has 0 bridgehead atoms. The molecule has 26 heavy (non-hydrogen) atoms. The number of hydrogen-bond donors (Lipinski definition) is 2. The van der Waals surface area contributed by atoms with Gasteiger partial charge in [-0.05, 0) is 57.4 Å². The number of benzene rings is 1. The Morgan fingerprint density at radius 2 is 1.58 bits per heavy atom. The first-order valence-electron chi connectivity index (χ1n) is 8.19. The molecule has 0 fully saturated rings. The summed E-state index contributed by atoms with van der Waals surface area (Å²) in [4.78, 5) is 41.8. The van der Waals surface area contributed by atoms with E-state index in [0.717, 1.165) is 0 Å². The number of nitrogens with one attached hydrogen (secondary N) is 2. The Morgan fingerprint density at radius 3 is 2.15 bits per heavy atom. The zero-order valence-electron chi connectivity index (χ0n) is 15.1. The number of amides is 2. The molecule has 0 unspecified atom stereocenters. The quantitative estimate of drug-likeness (QED) is 0.740. The molecule has 2 rings (SSSR count). The van der Waals surface area contributed by atoms with Gasteiger partial charge in [-0.15, -0.1) is 0 Å². The minimum atomic E-state index is -0.427. The van der Waals surface area contributed by atoms with Crippen molar-refractivity contribution in [2.45, 2.75) is 6.92 Å². The van der Waals surface area contributed by atoms with E-state index in [1.54, 1.807) is 36.4 Å². The third-order valence-electron chi connectivity index (χ3n) is 3.61. The Kier molecular flexibility index (Phi) is 6.57. The maximum atomic E-state index is 12.3. The van der Waals surface area contributed by atoms with Crippen LogP contribution in [0.5, 0.6) is 0 Å². The highest BCUT2D eigenvalue weighted by molar-refractivity contribution is 6.04. The lowest BCUT2D eigenvalue weighted by atomic mass is 10.1. The number of hydrogen-bond acceptors (Lipinski definition) is 5. The van der Waals surface area contributed by atoms with Crippen LogP contribution >= 0.6 is 0 Å². The van der Waals surface area contributed by atoms with E-state index in [1.165, 1.54) is 13.0 Å². The molecule has 0 aliphatic rings. The average Bonchev–Trinajstić information content (AvgIpc) is 2.62. The van der Waals surface area contributed by atoms with Crippen molar-refractivity contribution < 1.29 is 14.4 Å². The van der Waals surface area contributed by atoms with Gasteiger partial charge in [-0.25, -0.2) is 4.98 Å². The number of likely N-dealkylation sites (N-methyl/N-ethyl adjacent to an activating group) is 1. The van der Waals surface area contributed by atoms with Crippen LogP contribution in [0.4, 0.5) is 5.69 Å². The maximum Gasteiger partial charge on any atom is 0.274 e. The van der Waals surface area contributed by atoms with Crippen LogP contribution in [-0.2, 0) is 0 Å². The number of ketones is 1. The van der Waals surface area contributed by atoms with E-state index in [9.17, 15) is 14.4 Å². The van der Waals surface area contributed by atoms with E-state index >= 15 is 0 Å². The van der Waals surface area contributed by atoms with Crippen molar-refractivity contribution in [1.82, 2.24) is 15.2 Å². The summed E-state index contributed by atoms with van der Waals surface area (Å²) < 4.78 is 0. The second-order valence-electron chi connectivity index (χ2n) is 6.05. The van der Waals surface area contributed by atoms with Gasteiger partial charge in [-0.1, -0.05) is 6.07 Å². The standard InChI is InChI=1S/C19H22N4O3/c1-13(24)14-7-9-15(10-8-14)21-19(26)17-6-4-5-16(22-17)18(25)20-11-12-23(2)3/h4-10H,11-12H2,1-3H3,(H,20,25)(H,21,26). The average molecular weight is 354 g/mol. The van der Waals surface area contributed by atoms with Gasteiger partial charge >= 0.3 is 0 Å². The van der Waals surface area contributed by atoms with Crippen LogP contribution in [0.2, 0.25) is 0 Å². The molecule has 1 aromatic carbocycles. The molecular weight excluding hydrogens is 332 g/mol. The number of carbonyl (C=O) groups excluding carboxylic acids is 3. The largest absolute Gasteiger partial charge is 0.349 e. The number of aromatic nitrogens is 1.